The molecule has 112 valence electrons. The standard InChI is InChI=1S/C17H21FN2O/c1-4-7-20-17(13-9-14(18)11-19-10-13)15-8-12(2)5-6-16(15)21-3/h5-6,8-11,17,20H,4,7H2,1-3H3. The van der Waals surface area contributed by atoms with E-state index in [-0.39, 0.29) is 11.9 Å². The summed E-state index contributed by atoms with van der Waals surface area (Å²) in [5, 5.41) is 3.44. The first-order valence-corrected chi connectivity index (χ1v) is 7.14. The minimum atomic E-state index is -0.331. The van der Waals surface area contributed by atoms with Crippen molar-refractivity contribution >= 4 is 0 Å². The Hall–Kier alpha value is -1.94. The first-order valence-electron chi connectivity index (χ1n) is 7.14. The Balaban J connectivity index is 2.47. The molecule has 1 aromatic heterocycles. The molecule has 0 amide bonds. The van der Waals surface area contributed by atoms with Gasteiger partial charge >= 0.3 is 0 Å². The van der Waals surface area contributed by atoms with Crippen molar-refractivity contribution in [1.29, 1.82) is 0 Å². The molecule has 21 heavy (non-hydrogen) atoms. The van der Waals surface area contributed by atoms with E-state index in [1.54, 1.807) is 13.3 Å². The van der Waals surface area contributed by atoms with Crippen molar-refractivity contribution in [3.05, 3.63) is 59.2 Å². The minimum absolute atomic E-state index is 0.136. The monoisotopic (exact) mass is 288 g/mol. The van der Waals surface area contributed by atoms with Gasteiger partial charge in [-0.25, -0.2) is 4.39 Å². The highest BCUT2D eigenvalue weighted by Gasteiger charge is 2.18. The maximum absolute atomic E-state index is 13.5. The molecule has 1 N–H and O–H groups in total. The van der Waals surface area contributed by atoms with E-state index >= 15 is 0 Å². The van der Waals surface area contributed by atoms with Gasteiger partial charge < -0.3 is 10.1 Å². The Bertz CT molecular complexity index is 601. The summed E-state index contributed by atoms with van der Waals surface area (Å²) < 4.78 is 19.0. The van der Waals surface area contributed by atoms with Gasteiger partial charge in [-0.3, -0.25) is 4.98 Å². The number of aryl methyl sites for hydroxylation is 1. The van der Waals surface area contributed by atoms with Gasteiger partial charge in [-0.1, -0.05) is 24.6 Å². The smallest absolute Gasteiger partial charge is 0.141 e. The van der Waals surface area contributed by atoms with Crippen LogP contribution in [0.15, 0.2) is 36.7 Å². The van der Waals surface area contributed by atoms with Crippen LogP contribution < -0.4 is 10.1 Å². The van der Waals surface area contributed by atoms with Crippen LogP contribution in [0.25, 0.3) is 0 Å². The number of aromatic nitrogens is 1. The molecule has 0 aliphatic heterocycles. The number of ether oxygens (including phenoxy) is 1. The molecule has 0 fully saturated rings. The molecule has 4 heteroatoms. The minimum Gasteiger partial charge on any atom is -0.496 e. The summed E-state index contributed by atoms with van der Waals surface area (Å²) in [6.45, 7) is 4.96. The molecule has 2 rings (SSSR count). The van der Waals surface area contributed by atoms with Gasteiger partial charge in [0.2, 0.25) is 0 Å². The predicted molar refractivity (Wildman–Crippen MR) is 82.1 cm³/mol. The molecule has 0 saturated carbocycles. The average Bonchev–Trinajstić information content (AvgIpc) is 2.48. The van der Waals surface area contributed by atoms with Crippen LogP contribution in [0.1, 0.15) is 36.1 Å². The van der Waals surface area contributed by atoms with Gasteiger partial charge in [0.15, 0.2) is 0 Å². The second kappa shape index (κ2) is 7.18. The zero-order chi connectivity index (χ0) is 15.2. The van der Waals surface area contributed by atoms with E-state index < -0.39 is 0 Å². The highest BCUT2D eigenvalue weighted by Crippen LogP contribution is 2.31. The third-order valence-electron chi connectivity index (χ3n) is 3.35. The van der Waals surface area contributed by atoms with Crippen molar-refractivity contribution in [2.24, 2.45) is 0 Å². The number of halogens is 1. The summed E-state index contributed by atoms with van der Waals surface area (Å²) in [6, 6.07) is 7.39. The second-order valence-corrected chi connectivity index (χ2v) is 5.07. The van der Waals surface area contributed by atoms with E-state index in [9.17, 15) is 4.39 Å². The summed E-state index contributed by atoms with van der Waals surface area (Å²) in [5.74, 6) is 0.459. The van der Waals surface area contributed by atoms with Gasteiger partial charge in [-0.15, -0.1) is 0 Å². The number of hydrogen-bond donors (Lipinski definition) is 1. The number of nitrogens with one attached hydrogen (secondary N) is 1. The molecule has 0 spiro atoms. The van der Waals surface area contributed by atoms with Crippen molar-refractivity contribution in [2.75, 3.05) is 13.7 Å². The molecule has 2 aromatic rings. The first kappa shape index (κ1) is 15.4. The van der Waals surface area contributed by atoms with Crippen LogP contribution >= 0.6 is 0 Å². The number of benzene rings is 1. The van der Waals surface area contributed by atoms with Gasteiger partial charge in [-0.2, -0.15) is 0 Å². The number of hydrogen-bond acceptors (Lipinski definition) is 3. The molecular formula is C17H21FN2O. The summed E-state index contributed by atoms with van der Waals surface area (Å²) in [5.41, 5.74) is 2.93. The molecule has 1 atom stereocenters. The lowest BCUT2D eigenvalue weighted by molar-refractivity contribution is 0.403. The second-order valence-electron chi connectivity index (χ2n) is 5.07. The molecule has 1 heterocycles. The summed E-state index contributed by atoms with van der Waals surface area (Å²) in [6.07, 6.45) is 3.90. The van der Waals surface area contributed by atoms with Crippen LogP contribution in [0.2, 0.25) is 0 Å². The van der Waals surface area contributed by atoms with Crippen LogP contribution in [0.5, 0.6) is 5.75 Å². The lowest BCUT2D eigenvalue weighted by Gasteiger charge is -2.22. The highest BCUT2D eigenvalue weighted by molar-refractivity contribution is 5.43. The van der Waals surface area contributed by atoms with Crippen molar-refractivity contribution in [2.45, 2.75) is 26.3 Å². The van der Waals surface area contributed by atoms with Crippen molar-refractivity contribution in [3.63, 3.8) is 0 Å². The molecule has 0 bridgehead atoms. The van der Waals surface area contributed by atoms with Gasteiger partial charge in [0.1, 0.15) is 11.6 Å². The first-order chi connectivity index (χ1) is 10.2. The average molecular weight is 288 g/mol. The van der Waals surface area contributed by atoms with Crippen molar-refractivity contribution in [3.8, 4) is 5.75 Å². The number of nitrogens with zero attached hydrogens (tertiary/aromatic N) is 1. The fourth-order valence-corrected chi connectivity index (χ4v) is 2.36. The maximum atomic E-state index is 13.5. The van der Waals surface area contributed by atoms with E-state index in [2.05, 4.69) is 23.3 Å². The van der Waals surface area contributed by atoms with Gasteiger partial charge in [0.05, 0.1) is 19.3 Å². The van der Waals surface area contributed by atoms with Crippen LogP contribution in [0.4, 0.5) is 4.39 Å². The summed E-state index contributed by atoms with van der Waals surface area (Å²) in [4.78, 5) is 3.96. The Morgan fingerprint density at radius 2 is 2.10 bits per heavy atom. The third-order valence-corrected chi connectivity index (χ3v) is 3.35. The Morgan fingerprint density at radius 3 is 2.76 bits per heavy atom. The van der Waals surface area contributed by atoms with Crippen LogP contribution in [0.3, 0.4) is 0 Å². The summed E-state index contributed by atoms with van der Waals surface area (Å²) >= 11 is 0. The predicted octanol–water partition coefficient (Wildman–Crippen LogP) is 3.63. The zero-order valence-corrected chi connectivity index (χ0v) is 12.7. The molecule has 0 aliphatic carbocycles. The molecule has 0 aliphatic rings. The van der Waals surface area contributed by atoms with Crippen molar-refractivity contribution in [1.82, 2.24) is 10.3 Å². The Labute approximate surface area is 125 Å². The Morgan fingerprint density at radius 1 is 1.29 bits per heavy atom. The number of rotatable bonds is 6. The number of pyridine rings is 1. The molecule has 1 aromatic carbocycles. The highest BCUT2D eigenvalue weighted by atomic mass is 19.1. The van der Waals surface area contributed by atoms with Crippen molar-refractivity contribution < 1.29 is 9.13 Å². The largest absolute Gasteiger partial charge is 0.496 e. The van der Waals surface area contributed by atoms with Crippen LogP contribution in [0, 0.1) is 12.7 Å². The maximum Gasteiger partial charge on any atom is 0.141 e. The SMILES string of the molecule is CCCNC(c1cncc(F)c1)c1cc(C)ccc1OC. The van der Waals surface area contributed by atoms with E-state index in [0.717, 1.165) is 35.4 Å². The molecule has 0 saturated heterocycles. The molecule has 0 radical (unpaired) electrons. The van der Waals surface area contributed by atoms with Gasteiger partial charge in [0, 0.05) is 11.8 Å². The fraction of sp³-hybridized carbons (Fsp3) is 0.353. The van der Waals surface area contributed by atoms with Gasteiger partial charge in [0.25, 0.3) is 0 Å². The van der Waals surface area contributed by atoms with E-state index in [4.69, 9.17) is 4.74 Å². The van der Waals surface area contributed by atoms with E-state index in [1.165, 1.54) is 12.3 Å². The number of methoxy groups -OCH3 is 1. The van der Waals surface area contributed by atoms with Crippen LogP contribution in [-0.2, 0) is 0 Å². The molecular weight excluding hydrogens is 267 g/mol. The normalized spacial score (nSPS) is 12.2. The summed E-state index contributed by atoms with van der Waals surface area (Å²) in [7, 11) is 1.65. The quantitative estimate of drug-likeness (QED) is 0.881. The zero-order valence-electron chi connectivity index (χ0n) is 12.7. The topological polar surface area (TPSA) is 34.2 Å². The van der Waals surface area contributed by atoms with E-state index in [0.29, 0.717) is 0 Å². The lowest BCUT2D eigenvalue weighted by atomic mass is 9.97. The Kier molecular flexibility index (Phi) is 5.28. The molecule has 1 unspecified atom stereocenters. The fourth-order valence-electron chi connectivity index (χ4n) is 2.36. The molecule has 3 nitrogen and oxygen atoms in total. The third kappa shape index (κ3) is 3.79. The van der Waals surface area contributed by atoms with E-state index in [1.807, 2.05) is 19.1 Å². The van der Waals surface area contributed by atoms with Crippen LogP contribution in [-0.4, -0.2) is 18.6 Å². The van der Waals surface area contributed by atoms with Gasteiger partial charge in [-0.05, 0) is 37.6 Å². The lowest BCUT2D eigenvalue weighted by Crippen LogP contribution is -2.24.